The summed E-state index contributed by atoms with van der Waals surface area (Å²) in [6.07, 6.45) is 0. The molecule has 0 spiro atoms. The van der Waals surface area contributed by atoms with E-state index in [0.29, 0.717) is 0 Å². The van der Waals surface area contributed by atoms with Crippen molar-refractivity contribution in [3.63, 3.8) is 0 Å². The third kappa shape index (κ3) is 2.62. The lowest BCUT2D eigenvalue weighted by molar-refractivity contribution is 0.233. The number of halogens is 1. The van der Waals surface area contributed by atoms with Crippen molar-refractivity contribution in [3.8, 4) is 0 Å². The largest absolute Gasteiger partial charge is 0.453 e. The molecule has 1 heterocycles. The van der Waals surface area contributed by atoms with Crippen LogP contribution in [0.5, 0.6) is 0 Å². The van der Waals surface area contributed by atoms with Crippen LogP contribution >= 0.6 is 15.9 Å². The number of nitrogens with zero attached hydrogens (tertiary/aromatic N) is 1. The summed E-state index contributed by atoms with van der Waals surface area (Å²) in [6, 6.07) is 4.04. The maximum absolute atomic E-state index is 5.37. The van der Waals surface area contributed by atoms with Gasteiger partial charge in [-0.3, -0.25) is 0 Å². The zero-order valence-electron chi connectivity index (χ0n) is 7.47. The molecule has 1 aromatic heterocycles. The van der Waals surface area contributed by atoms with Crippen LogP contribution in [0.3, 0.4) is 0 Å². The summed E-state index contributed by atoms with van der Waals surface area (Å²) in [5.41, 5.74) is 3.19. The molecule has 1 N–H and O–H groups in total. The monoisotopic (exact) mass is 232 g/mol. The summed E-state index contributed by atoms with van der Waals surface area (Å²) < 4.78 is 6.14. The van der Waals surface area contributed by atoms with Crippen molar-refractivity contribution in [2.45, 2.75) is 13.0 Å². The van der Waals surface area contributed by atoms with E-state index >= 15 is 0 Å². The quantitative estimate of drug-likeness (QED) is 0.811. The van der Waals surface area contributed by atoms with E-state index in [4.69, 9.17) is 4.42 Å². The highest BCUT2D eigenvalue weighted by Gasteiger charge is 2.09. The zero-order chi connectivity index (χ0) is 9.14. The first-order chi connectivity index (χ1) is 5.59. The van der Waals surface area contributed by atoms with Gasteiger partial charge in [0, 0.05) is 14.1 Å². The van der Waals surface area contributed by atoms with Crippen LogP contribution < -0.4 is 5.43 Å². The van der Waals surface area contributed by atoms with E-state index in [9.17, 15) is 0 Å². The van der Waals surface area contributed by atoms with E-state index in [-0.39, 0.29) is 6.04 Å². The van der Waals surface area contributed by atoms with E-state index in [1.165, 1.54) is 0 Å². The molecule has 12 heavy (non-hydrogen) atoms. The molecule has 0 fully saturated rings. The van der Waals surface area contributed by atoms with Crippen LogP contribution in [-0.4, -0.2) is 19.1 Å². The highest BCUT2D eigenvalue weighted by Crippen LogP contribution is 2.19. The molecule has 4 heteroatoms. The van der Waals surface area contributed by atoms with Gasteiger partial charge in [0.05, 0.1) is 6.04 Å². The fourth-order valence-electron chi connectivity index (χ4n) is 1.01. The van der Waals surface area contributed by atoms with Gasteiger partial charge in [-0.25, -0.2) is 10.4 Å². The first kappa shape index (κ1) is 9.77. The van der Waals surface area contributed by atoms with Crippen molar-refractivity contribution in [1.29, 1.82) is 0 Å². The molecule has 0 radical (unpaired) electrons. The summed E-state index contributed by atoms with van der Waals surface area (Å²) in [7, 11) is 3.91. The molecule has 0 aliphatic carbocycles. The number of furan rings is 1. The molecular formula is C8H13BrN2O. The van der Waals surface area contributed by atoms with E-state index in [1.54, 1.807) is 0 Å². The van der Waals surface area contributed by atoms with E-state index in [2.05, 4.69) is 21.4 Å². The molecular weight excluding hydrogens is 220 g/mol. The minimum Gasteiger partial charge on any atom is -0.453 e. The number of hydrogen-bond acceptors (Lipinski definition) is 3. The van der Waals surface area contributed by atoms with Crippen LogP contribution in [-0.2, 0) is 0 Å². The predicted octanol–water partition coefficient (Wildman–Crippen LogP) is 2.17. The zero-order valence-corrected chi connectivity index (χ0v) is 9.05. The van der Waals surface area contributed by atoms with Gasteiger partial charge in [-0.1, -0.05) is 0 Å². The minimum absolute atomic E-state index is 0.200. The molecule has 68 valence electrons. The number of nitrogens with one attached hydrogen (secondary N) is 1. The molecule has 1 atom stereocenters. The number of hydrogen-bond donors (Lipinski definition) is 1. The van der Waals surface area contributed by atoms with Crippen molar-refractivity contribution >= 4 is 15.9 Å². The Morgan fingerprint density at radius 1 is 1.50 bits per heavy atom. The van der Waals surface area contributed by atoms with Crippen molar-refractivity contribution in [2.24, 2.45) is 0 Å². The predicted molar refractivity (Wildman–Crippen MR) is 51.6 cm³/mol. The van der Waals surface area contributed by atoms with Crippen LogP contribution in [0.2, 0.25) is 0 Å². The summed E-state index contributed by atoms with van der Waals surface area (Å²) in [4.78, 5) is 0. The average molecular weight is 233 g/mol. The summed E-state index contributed by atoms with van der Waals surface area (Å²) in [5, 5.41) is 1.90. The Labute approximate surface area is 80.8 Å². The van der Waals surface area contributed by atoms with E-state index in [1.807, 2.05) is 38.2 Å². The van der Waals surface area contributed by atoms with Crippen LogP contribution in [0.1, 0.15) is 18.7 Å². The lowest BCUT2D eigenvalue weighted by Crippen LogP contribution is -2.32. The van der Waals surface area contributed by atoms with Crippen LogP contribution in [0.4, 0.5) is 0 Å². The van der Waals surface area contributed by atoms with Crippen LogP contribution in [0, 0.1) is 0 Å². The Hall–Kier alpha value is -0.320. The topological polar surface area (TPSA) is 28.4 Å². The highest BCUT2D eigenvalue weighted by molar-refractivity contribution is 9.10. The molecule has 0 aromatic carbocycles. The normalized spacial score (nSPS) is 13.8. The molecule has 3 nitrogen and oxygen atoms in total. The summed E-state index contributed by atoms with van der Waals surface area (Å²) in [5.74, 6) is 0.926. The van der Waals surface area contributed by atoms with Gasteiger partial charge in [0.2, 0.25) is 0 Å². The Kier molecular flexibility index (Phi) is 3.31. The molecule has 1 rings (SSSR count). The Morgan fingerprint density at radius 2 is 2.17 bits per heavy atom. The molecule has 0 aliphatic rings. The number of hydrazine groups is 1. The van der Waals surface area contributed by atoms with Crippen molar-refractivity contribution < 1.29 is 4.42 Å². The molecule has 0 saturated heterocycles. The van der Waals surface area contributed by atoms with Gasteiger partial charge in [-0.15, -0.1) is 0 Å². The van der Waals surface area contributed by atoms with Crippen LogP contribution in [0.15, 0.2) is 21.2 Å². The molecule has 0 amide bonds. The van der Waals surface area contributed by atoms with Crippen LogP contribution in [0.25, 0.3) is 0 Å². The second-order valence-corrected chi connectivity index (χ2v) is 3.67. The smallest absolute Gasteiger partial charge is 0.169 e. The Balaban J connectivity index is 2.58. The SMILES string of the molecule is CC(NN(C)C)c1ccc(Br)o1. The lowest BCUT2D eigenvalue weighted by Gasteiger charge is -2.16. The minimum atomic E-state index is 0.200. The molecule has 0 saturated carbocycles. The third-order valence-corrected chi connectivity index (χ3v) is 1.90. The van der Waals surface area contributed by atoms with Gasteiger partial charge >= 0.3 is 0 Å². The molecule has 0 bridgehead atoms. The fourth-order valence-corrected chi connectivity index (χ4v) is 1.33. The Bertz CT molecular complexity index is 247. The van der Waals surface area contributed by atoms with Crippen molar-refractivity contribution in [1.82, 2.24) is 10.4 Å². The van der Waals surface area contributed by atoms with Gasteiger partial charge in [-0.05, 0) is 35.0 Å². The third-order valence-electron chi connectivity index (χ3n) is 1.47. The average Bonchev–Trinajstić information content (AvgIpc) is 2.34. The molecule has 1 aromatic rings. The van der Waals surface area contributed by atoms with Gasteiger partial charge in [0.1, 0.15) is 5.76 Å². The maximum Gasteiger partial charge on any atom is 0.169 e. The molecule has 0 aliphatic heterocycles. The molecule has 1 unspecified atom stereocenters. The Morgan fingerprint density at radius 3 is 2.58 bits per heavy atom. The second-order valence-electron chi connectivity index (χ2n) is 2.89. The van der Waals surface area contributed by atoms with Gasteiger partial charge in [-0.2, -0.15) is 0 Å². The summed E-state index contributed by atoms with van der Waals surface area (Å²) >= 11 is 3.26. The van der Waals surface area contributed by atoms with E-state index in [0.717, 1.165) is 10.4 Å². The van der Waals surface area contributed by atoms with Crippen molar-refractivity contribution in [3.05, 3.63) is 22.6 Å². The maximum atomic E-state index is 5.37. The van der Waals surface area contributed by atoms with Gasteiger partial charge in [0.15, 0.2) is 4.67 Å². The van der Waals surface area contributed by atoms with E-state index < -0.39 is 0 Å². The fraction of sp³-hybridized carbons (Fsp3) is 0.500. The van der Waals surface area contributed by atoms with Crippen molar-refractivity contribution in [2.75, 3.05) is 14.1 Å². The van der Waals surface area contributed by atoms with Gasteiger partial charge in [0.25, 0.3) is 0 Å². The number of rotatable bonds is 3. The first-order valence-corrected chi connectivity index (χ1v) is 4.57. The first-order valence-electron chi connectivity index (χ1n) is 3.78. The van der Waals surface area contributed by atoms with Gasteiger partial charge < -0.3 is 4.42 Å². The highest BCUT2D eigenvalue weighted by atomic mass is 79.9. The lowest BCUT2D eigenvalue weighted by atomic mass is 10.3. The second kappa shape index (κ2) is 4.07. The standard InChI is InChI=1S/C8H13BrN2O/c1-6(10-11(2)3)7-4-5-8(9)12-7/h4-6,10H,1-3H3. The summed E-state index contributed by atoms with van der Waals surface area (Å²) in [6.45, 7) is 2.05.